The highest BCUT2D eigenvalue weighted by Crippen LogP contribution is 2.34. The summed E-state index contributed by atoms with van der Waals surface area (Å²) in [5.74, 6) is 0.787. The van der Waals surface area contributed by atoms with Crippen molar-refractivity contribution in [2.75, 3.05) is 0 Å². The minimum absolute atomic E-state index is 0.354. The van der Waals surface area contributed by atoms with Gasteiger partial charge in [0.25, 0.3) is 0 Å². The zero-order valence-corrected chi connectivity index (χ0v) is 9.30. The van der Waals surface area contributed by atoms with Gasteiger partial charge in [-0.3, -0.25) is 0 Å². The second-order valence-electron chi connectivity index (χ2n) is 3.64. The fourth-order valence-corrected chi connectivity index (χ4v) is 1.48. The number of benzene rings is 1. The minimum atomic E-state index is -4.50. The van der Waals surface area contributed by atoms with Gasteiger partial charge in [-0.1, -0.05) is 19.1 Å². The van der Waals surface area contributed by atoms with Gasteiger partial charge in [-0.2, -0.15) is 18.4 Å². The summed E-state index contributed by atoms with van der Waals surface area (Å²) in [4.78, 5) is 0. The average Bonchev–Trinajstić information content (AvgIpc) is 2.27. The summed E-state index contributed by atoms with van der Waals surface area (Å²) in [6.07, 6.45) is -2.36. The molecule has 0 N–H and O–H groups in total. The molecule has 0 saturated carbocycles. The van der Waals surface area contributed by atoms with E-state index in [1.807, 2.05) is 0 Å². The lowest BCUT2D eigenvalue weighted by atomic mass is 9.94. The standard InChI is InChI=1S/C13H11F3N/c1-3-4-9(2)10-5-6-11(8-17)12(7-10)13(14,15)16/h3,5-7H,1,4H2,2H3. The van der Waals surface area contributed by atoms with E-state index in [2.05, 4.69) is 6.58 Å². The molecule has 89 valence electrons. The summed E-state index contributed by atoms with van der Waals surface area (Å²) in [7, 11) is 0. The predicted molar refractivity (Wildman–Crippen MR) is 59.0 cm³/mol. The van der Waals surface area contributed by atoms with E-state index in [1.165, 1.54) is 12.1 Å². The first-order valence-corrected chi connectivity index (χ1v) is 4.95. The van der Waals surface area contributed by atoms with Crippen LogP contribution in [0.3, 0.4) is 0 Å². The highest BCUT2D eigenvalue weighted by Gasteiger charge is 2.34. The van der Waals surface area contributed by atoms with Crippen LogP contribution in [0.15, 0.2) is 30.9 Å². The van der Waals surface area contributed by atoms with Crippen molar-refractivity contribution in [2.45, 2.75) is 19.5 Å². The molecular weight excluding hydrogens is 227 g/mol. The summed E-state index contributed by atoms with van der Waals surface area (Å²) < 4.78 is 38.1. The Morgan fingerprint density at radius 2 is 2.12 bits per heavy atom. The lowest BCUT2D eigenvalue weighted by Gasteiger charge is -2.13. The van der Waals surface area contributed by atoms with Gasteiger partial charge in [-0.25, -0.2) is 0 Å². The van der Waals surface area contributed by atoms with Gasteiger partial charge in [-0.15, -0.1) is 6.58 Å². The number of hydrogen-bond donors (Lipinski definition) is 0. The van der Waals surface area contributed by atoms with E-state index in [1.54, 1.807) is 19.1 Å². The second-order valence-corrected chi connectivity index (χ2v) is 3.64. The van der Waals surface area contributed by atoms with E-state index in [0.717, 1.165) is 12.0 Å². The van der Waals surface area contributed by atoms with Crippen molar-refractivity contribution in [2.24, 2.45) is 0 Å². The molecule has 1 nitrogen and oxygen atoms in total. The molecule has 0 fully saturated rings. The molecule has 0 saturated heterocycles. The summed E-state index contributed by atoms with van der Waals surface area (Å²) in [5.41, 5.74) is -0.759. The summed E-state index contributed by atoms with van der Waals surface area (Å²) in [5, 5.41) is 8.64. The molecule has 1 radical (unpaired) electrons. The van der Waals surface area contributed by atoms with Gasteiger partial charge >= 0.3 is 6.18 Å². The van der Waals surface area contributed by atoms with E-state index in [0.29, 0.717) is 12.0 Å². The van der Waals surface area contributed by atoms with Crippen molar-refractivity contribution >= 4 is 0 Å². The smallest absolute Gasteiger partial charge is 0.192 e. The maximum absolute atomic E-state index is 12.7. The SMILES string of the molecule is C=CC[C](C)c1ccc(C#N)c(C(F)(F)F)c1. The topological polar surface area (TPSA) is 23.8 Å². The molecule has 1 aromatic rings. The van der Waals surface area contributed by atoms with Gasteiger partial charge in [-0.05, 0) is 24.1 Å². The molecule has 0 aliphatic rings. The molecule has 17 heavy (non-hydrogen) atoms. The Morgan fingerprint density at radius 1 is 1.47 bits per heavy atom. The molecule has 0 unspecified atom stereocenters. The van der Waals surface area contributed by atoms with E-state index >= 15 is 0 Å². The summed E-state index contributed by atoms with van der Waals surface area (Å²) >= 11 is 0. The zero-order chi connectivity index (χ0) is 13.1. The van der Waals surface area contributed by atoms with E-state index in [9.17, 15) is 13.2 Å². The van der Waals surface area contributed by atoms with Gasteiger partial charge < -0.3 is 0 Å². The first kappa shape index (κ1) is 13.3. The van der Waals surface area contributed by atoms with Crippen LogP contribution in [-0.4, -0.2) is 0 Å². The van der Waals surface area contributed by atoms with E-state index in [4.69, 9.17) is 5.26 Å². The Balaban J connectivity index is 3.24. The highest BCUT2D eigenvalue weighted by atomic mass is 19.4. The maximum Gasteiger partial charge on any atom is 0.417 e. The van der Waals surface area contributed by atoms with Crippen LogP contribution >= 0.6 is 0 Å². The van der Waals surface area contributed by atoms with E-state index in [-0.39, 0.29) is 5.56 Å². The van der Waals surface area contributed by atoms with Crippen LogP contribution in [0, 0.1) is 17.2 Å². The Morgan fingerprint density at radius 3 is 2.59 bits per heavy atom. The fraction of sp³-hybridized carbons (Fsp3) is 0.231. The monoisotopic (exact) mass is 238 g/mol. The minimum Gasteiger partial charge on any atom is -0.192 e. The molecule has 0 aliphatic carbocycles. The van der Waals surface area contributed by atoms with Gasteiger partial charge in [0, 0.05) is 5.92 Å². The lowest BCUT2D eigenvalue weighted by Crippen LogP contribution is -2.09. The van der Waals surface area contributed by atoms with Crippen molar-refractivity contribution in [3.05, 3.63) is 53.5 Å². The molecule has 0 bridgehead atoms. The Bertz CT molecular complexity index is 455. The Kier molecular flexibility index (Phi) is 3.95. The number of hydrogen-bond acceptors (Lipinski definition) is 1. The quantitative estimate of drug-likeness (QED) is 0.727. The number of alkyl halides is 3. The maximum atomic E-state index is 12.7. The molecule has 0 heterocycles. The zero-order valence-electron chi connectivity index (χ0n) is 9.30. The van der Waals surface area contributed by atoms with Crippen molar-refractivity contribution in [3.8, 4) is 6.07 Å². The third-order valence-corrected chi connectivity index (χ3v) is 2.39. The number of allylic oxidation sites excluding steroid dienone is 1. The lowest BCUT2D eigenvalue weighted by molar-refractivity contribution is -0.137. The van der Waals surface area contributed by atoms with Crippen LogP contribution in [0.4, 0.5) is 13.2 Å². The molecule has 0 spiro atoms. The van der Waals surface area contributed by atoms with Gasteiger partial charge in [0.1, 0.15) is 0 Å². The fourth-order valence-electron chi connectivity index (χ4n) is 1.48. The van der Waals surface area contributed by atoms with Gasteiger partial charge in [0.05, 0.1) is 17.2 Å². The summed E-state index contributed by atoms with van der Waals surface area (Å²) in [6.45, 7) is 5.27. The number of nitriles is 1. The molecule has 1 rings (SSSR count). The number of halogens is 3. The van der Waals surface area contributed by atoms with Crippen LogP contribution in [0.25, 0.3) is 0 Å². The molecule has 0 amide bonds. The molecule has 0 atom stereocenters. The van der Waals surface area contributed by atoms with Gasteiger partial charge in [0.15, 0.2) is 0 Å². The van der Waals surface area contributed by atoms with Crippen molar-refractivity contribution in [1.29, 1.82) is 5.26 Å². The van der Waals surface area contributed by atoms with Crippen LogP contribution in [0.1, 0.15) is 30.0 Å². The first-order valence-electron chi connectivity index (χ1n) is 4.95. The van der Waals surface area contributed by atoms with Gasteiger partial charge in [0.2, 0.25) is 0 Å². The third-order valence-electron chi connectivity index (χ3n) is 2.39. The van der Waals surface area contributed by atoms with Crippen molar-refractivity contribution in [1.82, 2.24) is 0 Å². The second kappa shape index (κ2) is 5.05. The average molecular weight is 238 g/mol. The largest absolute Gasteiger partial charge is 0.417 e. The van der Waals surface area contributed by atoms with Crippen LogP contribution in [0.2, 0.25) is 0 Å². The Labute approximate surface area is 98.2 Å². The van der Waals surface area contributed by atoms with Crippen molar-refractivity contribution in [3.63, 3.8) is 0 Å². The normalized spacial score (nSPS) is 11.3. The number of nitrogens with zero attached hydrogens (tertiary/aromatic N) is 1. The van der Waals surface area contributed by atoms with Crippen LogP contribution in [-0.2, 0) is 6.18 Å². The van der Waals surface area contributed by atoms with Crippen LogP contribution < -0.4 is 0 Å². The molecule has 1 aromatic carbocycles. The molecule has 0 aromatic heterocycles. The molecular formula is C13H11F3N. The third kappa shape index (κ3) is 3.10. The highest BCUT2D eigenvalue weighted by molar-refractivity contribution is 5.45. The molecule has 0 aliphatic heterocycles. The van der Waals surface area contributed by atoms with Crippen molar-refractivity contribution < 1.29 is 13.2 Å². The van der Waals surface area contributed by atoms with Crippen LogP contribution in [0.5, 0.6) is 0 Å². The Hall–Kier alpha value is -1.76. The number of rotatable bonds is 3. The first-order chi connectivity index (χ1) is 7.90. The summed E-state index contributed by atoms with van der Waals surface area (Å²) in [6, 6.07) is 5.28. The molecule has 4 heteroatoms. The van der Waals surface area contributed by atoms with E-state index < -0.39 is 11.7 Å². The predicted octanol–water partition coefficient (Wildman–Crippen LogP) is 4.10.